The van der Waals surface area contributed by atoms with E-state index in [-0.39, 0.29) is 17.6 Å². The van der Waals surface area contributed by atoms with E-state index in [0.29, 0.717) is 18.7 Å². The molecule has 0 saturated carbocycles. The van der Waals surface area contributed by atoms with Crippen molar-refractivity contribution < 1.29 is 14.3 Å². The van der Waals surface area contributed by atoms with Crippen LogP contribution in [0.5, 0.6) is 5.75 Å². The minimum absolute atomic E-state index is 0.0746. The fourth-order valence-corrected chi connectivity index (χ4v) is 4.74. The second-order valence-electron chi connectivity index (χ2n) is 7.81. The molecule has 1 N–H and O–H groups in total. The molecular formula is C27H29BrN2O3S. The molecule has 0 aliphatic heterocycles. The molecule has 3 rings (SSSR count). The maximum Gasteiger partial charge on any atom is 0.242 e. The lowest BCUT2D eigenvalue weighted by molar-refractivity contribution is -0.139. The van der Waals surface area contributed by atoms with Crippen molar-refractivity contribution in [2.75, 3.05) is 19.9 Å². The SMILES string of the molecule is CNC(=O)[C@H](Cc1ccccc1)N(Cc1cccc(OC)c1)C(=O)CSCc1ccc(Br)cc1. The molecule has 0 aromatic heterocycles. The highest BCUT2D eigenvalue weighted by Crippen LogP contribution is 2.21. The zero-order valence-electron chi connectivity index (χ0n) is 19.4. The van der Waals surface area contributed by atoms with E-state index in [4.69, 9.17) is 4.74 Å². The summed E-state index contributed by atoms with van der Waals surface area (Å²) in [5.41, 5.74) is 3.06. The van der Waals surface area contributed by atoms with Crippen LogP contribution >= 0.6 is 27.7 Å². The monoisotopic (exact) mass is 540 g/mol. The van der Waals surface area contributed by atoms with E-state index in [1.165, 1.54) is 0 Å². The molecule has 34 heavy (non-hydrogen) atoms. The number of methoxy groups -OCH3 is 1. The number of benzene rings is 3. The average molecular weight is 542 g/mol. The Morgan fingerprint density at radius 1 is 0.971 bits per heavy atom. The lowest BCUT2D eigenvalue weighted by Gasteiger charge is -2.31. The summed E-state index contributed by atoms with van der Waals surface area (Å²) in [5, 5.41) is 2.75. The third-order valence-corrected chi connectivity index (χ3v) is 6.93. The quantitative estimate of drug-likeness (QED) is 0.368. The van der Waals surface area contributed by atoms with Crippen molar-refractivity contribution in [1.29, 1.82) is 0 Å². The topological polar surface area (TPSA) is 58.6 Å². The van der Waals surface area contributed by atoms with Crippen molar-refractivity contribution in [1.82, 2.24) is 10.2 Å². The van der Waals surface area contributed by atoms with Crippen molar-refractivity contribution in [3.05, 3.63) is 100 Å². The minimum Gasteiger partial charge on any atom is -0.497 e. The van der Waals surface area contributed by atoms with Gasteiger partial charge in [0.05, 0.1) is 12.9 Å². The first-order valence-corrected chi connectivity index (χ1v) is 12.9. The highest BCUT2D eigenvalue weighted by molar-refractivity contribution is 9.10. The molecule has 0 saturated heterocycles. The standard InChI is InChI=1S/C27H29BrN2O3S/c1-29-27(32)25(16-20-7-4-3-5-8-20)30(17-22-9-6-10-24(15-22)33-2)26(31)19-34-18-21-11-13-23(28)14-12-21/h3-15,25H,16-19H2,1-2H3,(H,29,32)/t25-/m0/s1. The highest BCUT2D eigenvalue weighted by Gasteiger charge is 2.29. The molecule has 178 valence electrons. The molecule has 5 nitrogen and oxygen atoms in total. The minimum atomic E-state index is -0.626. The van der Waals surface area contributed by atoms with Crippen molar-refractivity contribution in [3.63, 3.8) is 0 Å². The molecule has 0 unspecified atom stereocenters. The van der Waals surface area contributed by atoms with Crippen LogP contribution in [0, 0.1) is 0 Å². The first kappa shape index (κ1) is 25.8. The van der Waals surface area contributed by atoms with Gasteiger partial charge in [-0.2, -0.15) is 0 Å². The van der Waals surface area contributed by atoms with E-state index in [0.717, 1.165) is 26.9 Å². The third-order valence-electron chi connectivity index (χ3n) is 5.41. The Morgan fingerprint density at radius 3 is 2.35 bits per heavy atom. The number of nitrogens with zero attached hydrogens (tertiary/aromatic N) is 1. The van der Waals surface area contributed by atoms with Gasteiger partial charge in [-0.25, -0.2) is 0 Å². The summed E-state index contributed by atoms with van der Waals surface area (Å²) >= 11 is 4.99. The van der Waals surface area contributed by atoms with E-state index in [9.17, 15) is 9.59 Å². The van der Waals surface area contributed by atoms with Crippen molar-refractivity contribution in [3.8, 4) is 5.75 Å². The summed E-state index contributed by atoms with van der Waals surface area (Å²) in [7, 11) is 3.22. The molecule has 0 aliphatic carbocycles. The van der Waals surface area contributed by atoms with Gasteiger partial charge in [0.1, 0.15) is 11.8 Å². The van der Waals surface area contributed by atoms with Crippen LogP contribution in [-0.4, -0.2) is 42.7 Å². The van der Waals surface area contributed by atoms with Crippen molar-refractivity contribution in [2.24, 2.45) is 0 Å². The Bertz CT molecular complexity index is 1080. The van der Waals surface area contributed by atoms with E-state index in [2.05, 4.69) is 21.2 Å². The molecule has 0 heterocycles. The molecule has 0 aliphatic rings. The number of halogens is 1. The van der Waals surface area contributed by atoms with Crippen molar-refractivity contribution in [2.45, 2.75) is 24.8 Å². The number of carbonyl (C=O) groups is 2. The zero-order chi connectivity index (χ0) is 24.3. The van der Waals surface area contributed by atoms with Crippen LogP contribution < -0.4 is 10.1 Å². The van der Waals surface area contributed by atoms with Crippen molar-refractivity contribution >= 4 is 39.5 Å². The number of hydrogen-bond acceptors (Lipinski definition) is 4. The molecular weight excluding hydrogens is 512 g/mol. The van der Waals surface area contributed by atoms with Gasteiger partial charge >= 0.3 is 0 Å². The Labute approximate surface area is 214 Å². The van der Waals surface area contributed by atoms with E-state index in [1.54, 1.807) is 30.8 Å². The Hall–Kier alpha value is -2.77. The Balaban J connectivity index is 1.81. The van der Waals surface area contributed by atoms with Gasteiger partial charge in [-0.05, 0) is 41.0 Å². The van der Waals surface area contributed by atoms with Crippen LogP contribution in [0.4, 0.5) is 0 Å². The number of likely N-dealkylation sites (N-methyl/N-ethyl adjacent to an activating group) is 1. The largest absolute Gasteiger partial charge is 0.497 e. The third kappa shape index (κ3) is 7.64. The van der Waals surface area contributed by atoms with E-state index in [1.807, 2.05) is 78.9 Å². The first-order valence-electron chi connectivity index (χ1n) is 11.0. The number of carbonyl (C=O) groups excluding carboxylic acids is 2. The maximum absolute atomic E-state index is 13.5. The van der Waals surface area contributed by atoms with Gasteiger partial charge in [0.25, 0.3) is 0 Å². The van der Waals surface area contributed by atoms with Crippen LogP contribution in [0.3, 0.4) is 0 Å². The number of rotatable bonds is 11. The second-order valence-corrected chi connectivity index (χ2v) is 9.71. The Morgan fingerprint density at radius 2 is 1.68 bits per heavy atom. The predicted molar refractivity (Wildman–Crippen MR) is 142 cm³/mol. The van der Waals surface area contributed by atoms with Crippen LogP contribution in [0.15, 0.2) is 83.3 Å². The fourth-order valence-electron chi connectivity index (χ4n) is 3.61. The molecule has 0 radical (unpaired) electrons. The summed E-state index contributed by atoms with van der Waals surface area (Å²) in [6, 6.07) is 24.8. The highest BCUT2D eigenvalue weighted by atomic mass is 79.9. The summed E-state index contributed by atoms with van der Waals surface area (Å²) in [6.45, 7) is 0.319. The molecule has 7 heteroatoms. The van der Waals surface area contributed by atoms with Crippen LogP contribution in [0.25, 0.3) is 0 Å². The molecule has 3 aromatic carbocycles. The van der Waals surface area contributed by atoms with Gasteiger partial charge in [-0.15, -0.1) is 11.8 Å². The summed E-state index contributed by atoms with van der Waals surface area (Å²) < 4.78 is 6.38. The zero-order valence-corrected chi connectivity index (χ0v) is 21.8. The Kier molecular flexibility index (Phi) is 10.0. The van der Waals surface area contributed by atoms with Gasteiger partial charge in [0.2, 0.25) is 11.8 Å². The normalized spacial score (nSPS) is 11.5. The predicted octanol–water partition coefficient (Wildman–Crippen LogP) is 5.08. The molecule has 0 fully saturated rings. The maximum atomic E-state index is 13.5. The van der Waals surface area contributed by atoms with Gasteiger partial charge in [-0.3, -0.25) is 9.59 Å². The molecule has 3 aromatic rings. The summed E-state index contributed by atoms with van der Waals surface area (Å²) in [5.74, 6) is 1.46. The number of ether oxygens (including phenoxy) is 1. The van der Waals surface area contributed by atoms with Crippen LogP contribution in [0.1, 0.15) is 16.7 Å². The van der Waals surface area contributed by atoms with Gasteiger partial charge in [0.15, 0.2) is 0 Å². The van der Waals surface area contributed by atoms with Gasteiger partial charge < -0.3 is 15.0 Å². The number of hydrogen-bond donors (Lipinski definition) is 1. The lowest BCUT2D eigenvalue weighted by atomic mass is 10.0. The molecule has 0 bridgehead atoms. The first-order chi connectivity index (χ1) is 16.5. The van der Waals surface area contributed by atoms with Gasteiger partial charge in [0, 0.05) is 30.2 Å². The molecule has 2 amide bonds. The van der Waals surface area contributed by atoms with Crippen LogP contribution in [0.2, 0.25) is 0 Å². The smallest absolute Gasteiger partial charge is 0.242 e. The number of thioether (sulfide) groups is 1. The van der Waals surface area contributed by atoms with Gasteiger partial charge in [-0.1, -0.05) is 70.5 Å². The van der Waals surface area contributed by atoms with E-state index < -0.39 is 6.04 Å². The summed E-state index contributed by atoms with van der Waals surface area (Å²) in [6.07, 6.45) is 0.438. The number of amides is 2. The van der Waals surface area contributed by atoms with Crippen LogP contribution in [-0.2, 0) is 28.3 Å². The average Bonchev–Trinajstić information content (AvgIpc) is 2.87. The number of nitrogens with one attached hydrogen (secondary N) is 1. The lowest BCUT2D eigenvalue weighted by Crippen LogP contribution is -2.50. The van der Waals surface area contributed by atoms with E-state index >= 15 is 0 Å². The fraction of sp³-hybridized carbons (Fsp3) is 0.259. The molecule has 0 spiro atoms. The molecule has 1 atom stereocenters. The second kappa shape index (κ2) is 13.2. The summed E-state index contributed by atoms with van der Waals surface area (Å²) in [4.78, 5) is 28.1.